The van der Waals surface area contributed by atoms with E-state index in [1.54, 1.807) is 6.08 Å². The van der Waals surface area contributed by atoms with Crippen molar-refractivity contribution in [1.82, 2.24) is 0 Å². The first-order valence-electron chi connectivity index (χ1n) is 5.02. The molecule has 2 aliphatic carbocycles. The fraction of sp³-hybridized carbons (Fsp3) is 0.333. The monoisotopic (exact) mass is 248 g/mol. The van der Waals surface area contributed by atoms with E-state index in [0.29, 0.717) is 6.92 Å². The third-order valence-corrected chi connectivity index (χ3v) is 2.90. The van der Waals surface area contributed by atoms with Crippen LogP contribution in [0.2, 0.25) is 0 Å². The van der Waals surface area contributed by atoms with Crippen molar-refractivity contribution >= 4 is 0 Å². The maximum Gasteiger partial charge on any atom is 0.193 e. The van der Waals surface area contributed by atoms with Crippen molar-refractivity contribution in [2.24, 2.45) is 0 Å². The van der Waals surface area contributed by atoms with E-state index in [2.05, 4.69) is 0 Å². The number of alkyl halides is 2. The molecule has 0 saturated carbocycles. The molecule has 0 radical (unpaired) electrons. The highest BCUT2D eigenvalue weighted by Gasteiger charge is 2.50. The van der Waals surface area contributed by atoms with Gasteiger partial charge in [0.05, 0.1) is 0 Å². The van der Waals surface area contributed by atoms with Gasteiger partial charge in [-0.15, -0.1) is 0 Å². The zero-order chi connectivity index (χ0) is 12.8. The minimum Gasteiger partial charge on any atom is -0.236 e. The van der Waals surface area contributed by atoms with Crippen molar-refractivity contribution in [2.45, 2.75) is 25.2 Å². The van der Waals surface area contributed by atoms with Crippen LogP contribution >= 0.6 is 0 Å². The van der Waals surface area contributed by atoms with E-state index in [1.165, 1.54) is 12.2 Å². The Kier molecular flexibility index (Phi) is 2.72. The van der Waals surface area contributed by atoms with Crippen molar-refractivity contribution in [3.05, 3.63) is 46.9 Å². The summed E-state index contributed by atoms with van der Waals surface area (Å²) in [4.78, 5) is 0. The molecule has 0 amide bonds. The summed E-state index contributed by atoms with van der Waals surface area (Å²) >= 11 is 0. The average Bonchev–Trinajstić information content (AvgIpc) is 2.77. The highest BCUT2D eigenvalue weighted by molar-refractivity contribution is 5.53. The predicted octanol–water partition coefficient (Wildman–Crippen LogP) is 4.33. The topological polar surface area (TPSA) is 0 Å². The minimum atomic E-state index is -2.90. The molecule has 0 saturated heterocycles. The second-order valence-corrected chi connectivity index (χ2v) is 4.11. The van der Waals surface area contributed by atoms with Crippen LogP contribution in [0.25, 0.3) is 0 Å². The molecule has 2 atom stereocenters. The lowest BCUT2D eigenvalue weighted by Crippen LogP contribution is -2.38. The Morgan fingerprint density at radius 2 is 1.88 bits per heavy atom. The Labute approximate surface area is 94.8 Å². The fourth-order valence-electron chi connectivity index (χ4n) is 1.99. The van der Waals surface area contributed by atoms with Gasteiger partial charge >= 0.3 is 0 Å². The van der Waals surface area contributed by atoms with E-state index < -0.39 is 34.9 Å². The van der Waals surface area contributed by atoms with Gasteiger partial charge in [0.15, 0.2) is 29.3 Å². The standard InChI is InChI=1S/C12H9F5/c1-12(17)7(6-4-2-3-5-6)8(13)9(14)10(15)11(12)16/h2-4,11H,5H2,1H3. The Morgan fingerprint density at radius 3 is 2.41 bits per heavy atom. The number of allylic oxidation sites excluding steroid dienone is 8. The summed E-state index contributed by atoms with van der Waals surface area (Å²) in [5, 5.41) is 0. The maximum atomic E-state index is 14.1. The SMILES string of the molecule is CC1(F)C(C2=CC=CC2)=C(F)C(F)=C(F)C1F. The molecule has 5 heteroatoms. The number of hydrogen-bond donors (Lipinski definition) is 0. The molecule has 0 fully saturated rings. The zero-order valence-electron chi connectivity index (χ0n) is 8.91. The lowest BCUT2D eigenvalue weighted by molar-refractivity contribution is 0.0982. The molecule has 0 N–H and O–H groups in total. The van der Waals surface area contributed by atoms with Crippen LogP contribution in [-0.2, 0) is 0 Å². The normalized spacial score (nSPS) is 33.5. The first-order valence-corrected chi connectivity index (χ1v) is 5.02. The lowest BCUT2D eigenvalue weighted by Gasteiger charge is -2.31. The third kappa shape index (κ3) is 1.64. The number of rotatable bonds is 1. The van der Waals surface area contributed by atoms with E-state index in [1.807, 2.05) is 0 Å². The van der Waals surface area contributed by atoms with Crippen molar-refractivity contribution in [1.29, 1.82) is 0 Å². The van der Waals surface area contributed by atoms with E-state index in [9.17, 15) is 22.0 Å². The minimum absolute atomic E-state index is 0.123. The zero-order valence-corrected chi connectivity index (χ0v) is 8.91. The molecule has 2 unspecified atom stereocenters. The first kappa shape index (κ1) is 12.1. The van der Waals surface area contributed by atoms with E-state index in [0.717, 1.165) is 0 Å². The molecule has 92 valence electrons. The predicted molar refractivity (Wildman–Crippen MR) is 53.6 cm³/mol. The van der Waals surface area contributed by atoms with Crippen LogP contribution in [0.15, 0.2) is 46.9 Å². The van der Waals surface area contributed by atoms with Crippen molar-refractivity contribution < 1.29 is 22.0 Å². The molecule has 0 aromatic carbocycles. The van der Waals surface area contributed by atoms with Crippen LogP contribution in [0.1, 0.15) is 13.3 Å². The van der Waals surface area contributed by atoms with Crippen molar-refractivity contribution in [2.75, 3.05) is 0 Å². The highest BCUT2D eigenvalue weighted by Crippen LogP contribution is 2.47. The Balaban J connectivity index is 2.60. The molecule has 0 aromatic rings. The molecule has 2 rings (SSSR count). The van der Waals surface area contributed by atoms with Gasteiger partial charge in [-0.2, -0.15) is 0 Å². The molecule has 0 spiro atoms. The summed E-state index contributed by atoms with van der Waals surface area (Å²) in [5.74, 6) is -5.63. The van der Waals surface area contributed by atoms with Gasteiger partial charge in [-0.1, -0.05) is 18.2 Å². The van der Waals surface area contributed by atoms with Gasteiger partial charge in [0.2, 0.25) is 0 Å². The van der Waals surface area contributed by atoms with Crippen LogP contribution < -0.4 is 0 Å². The smallest absolute Gasteiger partial charge is 0.193 e. The van der Waals surface area contributed by atoms with Crippen molar-refractivity contribution in [3.63, 3.8) is 0 Å². The average molecular weight is 248 g/mol. The molecule has 0 bridgehead atoms. The largest absolute Gasteiger partial charge is 0.236 e. The number of halogens is 5. The lowest BCUT2D eigenvalue weighted by atomic mass is 9.82. The van der Waals surface area contributed by atoms with Gasteiger partial charge in [0, 0.05) is 5.57 Å². The molecule has 0 aromatic heterocycles. The summed E-state index contributed by atoms with van der Waals surface area (Å²) in [6.07, 6.45) is 1.81. The summed E-state index contributed by atoms with van der Waals surface area (Å²) < 4.78 is 67.0. The Hall–Kier alpha value is -1.39. The van der Waals surface area contributed by atoms with Gasteiger partial charge in [0.1, 0.15) is 0 Å². The second-order valence-electron chi connectivity index (χ2n) is 4.11. The van der Waals surface area contributed by atoms with Gasteiger partial charge in [-0.25, -0.2) is 22.0 Å². The van der Waals surface area contributed by atoms with Gasteiger partial charge < -0.3 is 0 Å². The molecular formula is C12H9F5. The Morgan fingerprint density at radius 1 is 1.24 bits per heavy atom. The Bertz CT molecular complexity index is 479. The highest BCUT2D eigenvalue weighted by atomic mass is 19.2. The van der Waals surface area contributed by atoms with Gasteiger partial charge in [0.25, 0.3) is 0 Å². The van der Waals surface area contributed by atoms with Gasteiger partial charge in [-0.05, 0) is 18.9 Å². The second kappa shape index (κ2) is 3.82. The van der Waals surface area contributed by atoms with E-state index in [-0.39, 0.29) is 12.0 Å². The van der Waals surface area contributed by atoms with Crippen LogP contribution in [0, 0.1) is 0 Å². The van der Waals surface area contributed by atoms with Crippen LogP contribution in [0.3, 0.4) is 0 Å². The molecule has 0 heterocycles. The molecule has 0 aliphatic heterocycles. The molecular weight excluding hydrogens is 239 g/mol. The molecule has 17 heavy (non-hydrogen) atoms. The number of hydrogen-bond acceptors (Lipinski definition) is 0. The summed E-state index contributed by atoms with van der Waals surface area (Å²) in [5.41, 5.74) is -3.52. The van der Waals surface area contributed by atoms with Crippen LogP contribution in [0.4, 0.5) is 22.0 Å². The van der Waals surface area contributed by atoms with Gasteiger partial charge in [-0.3, -0.25) is 0 Å². The fourth-order valence-corrected chi connectivity index (χ4v) is 1.99. The first-order chi connectivity index (χ1) is 7.87. The third-order valence-electron chi connectivity index (χ3n) is 2.90. The maximum absolute atomic E-state index is 14.1. The molecule has 0 nitrogen and oxygen atoms in total. The quantitative estimate of drug-likeness (QED) is 0.606. The molecule has 2 aliphatic rings. The summed E-state index contributed by atoms with van der Waals surface area (Å²) in [7, 11) is 0. The van der Waals surface area contributed by atoms with E-state index in [4.69, 9.17) is 0 Å². The van der Waals surface area contributed by atoms with Crippen molar-refractivity contribution in [3.8, 4) is 0 Å². The van der Waals surface area contributed by atoms with Crippen LogP contribution in [0.5, 0.6) is 0 Å². The van der Waals surface area contributed by atoms with Crippen LogP contribution in [-0.4, -0.2) is 11.8 Å². The van der Waals surface area contributed by atoms with E-state index >= 15 is 0 Å². The summed E-state index contributed by atoms with van der Waals surface area (Å²) in [6.45, 7) is 0.706. The summed E-state index contributed by atoms with van der Waals surface area (Å²) in [6, 6.07) is 0.